The van der Waals surface area contributed by atoms with Gasteiger partial charge in [-0.05, 0) is 12.1 Å². The van der Waals surface area contributed by atoms with Crippen LogP contribution in [0.5, 0.6) is 5.75 Å². The van der Waals surface area contributed by atoms with Crippen molar-refractivity contribution in [2.75, 3.05) is 13.2 Å². The molecule has 0 radical (unpaired) electrons. The Labute approximate surface area is 116 Å². The first-order valence-corrected chi connectivity index (χ1v) is 6.49. The maximum Gasteiger partial charge on any atom is 0.171 e. The molecule has 0 saturated carbocycles. The Morgan fingerprint density at radius 2 is 2.20 bits per heavy atom. The van der Waals surface area contributed by atoms with Crippen LogP contribution in [0, 0.1) is 11.3 Å². The predicted molar refractivity (Wildman–Crippen MR) is 70.0 cm³/mol. The quantitative estimate of drug-likeness (QED) is 0.840. The molecule has 0 fully saturated rings. The maximum atomic E-state index is 9.03. The molecule has 0 spiro atoms. The molecule has 1 aromatic heterocycles. The average Bonchev–Trinajstić information content (AvgIpc) is 2.72. The highest BCUT2D eigenvalue weighted by atomic mass is 16.5. The SMILES string of the molecule is N#Cc1ccccc1OCc1nnc2n1CCOCC2. The molecule has 6 heteroatoms. The largest absolute Gasteiger partial charge is 0.484 e. The highest BCUT2D eigenvalue weighted by molar-refractivity contribution is 5.42. The Morgan fingerprint density at radius 3 is 3.10 bits per heavy atom. The van der Waals surface area contributed by atoms with Crippen LogP contribution >= 0.6 is 0 Å². The van der Waals surface area contributed by atoms with Crippen LogP contribution in [-0.4, -0.2) is 28.0 Å². The Kier molecular flexibility index (Phi) is 3.61. The van der Waals surface area contributed by atoms with E-state index in [-0.39, 0.29) is 0 Å². The Morgan fingerprint density at radius 1 is 1.30 bits per heavy atom. The summed E-state index contributed by atoms with van der Waals surface area (Å²) in [6, 6.07) is 9.27. The number of para-hydroxylation sites is 1. The average molecular weight is 270 g/mol. The van der Waals surface area contributed by atoms with Crippen LogP contribution in [-0.2, 0) is 24.3 Å². The molecule has 0 bridgehead atoms. The molecule has 3 rings (SSSR count). The van der Waals surface area contributed by atoms with Gasteiger partial charge in [0.05, 0.1) is 18.8 Å². The molecule has 20 heavy (non-hydrogen) atoms. The second-order valence-electron chi connectivity index (χ2n) is 4.44. The van der Waals surface area contributed by atoms with E-state index in [2.05, 4.69) is 16.3 Å². The van der Waals surface area contributed by atoms with E-state index in [1.807, 2.05) is 16.7 Å². The monoisotopic (exact) mass is 270 g/mol. The molecule has 0 amide bonds. The predicted octanol–water partition coefficient (Wildman–Crippen LogP) is 1.30. The van der Waals surface area contributed by atoms with Crippen LogP contribution in [0.2, 0.25) is 0 Å². The summed E-state index contributed by atoms with van der Waals surface area (Å²) >= 11 is 0. The van der Waals surface area contributed by atoms with Crippen molar-refractivity contribution >= 4 is 0 Å². The normalized spacial score (nSPS) is 14.2. The zero-order valence-corrected chi connectivity index (χ0v) is 11.0. The number of hydrogen-bond donors (Lipinski definition) is 0. The Balaban J connectivity index is 1.76. The first-order valence-electron chi connectivity index (χ1n) is 6.49. The van der Waals surface area contributed by atoms with Gasteiger partial charge in [-0.25, -0.2) is 0 Å². The summed E-state index contributed by atoms with van der Waals surface area (Å²) in [4.78, 5) is 0. The Hall–Kier alpha value is -2.39. The molecule has 1 aromatic carbocycles. The van der Waals surface area contributed by atoms with Crippen LogP contribution < -0.4 is 4.74 Å². The molecule has 1 aliphatic heterocycles. The van der Waals surface area contributed by atoms with E-state index in [0.29, 0.717) is 31.1 Å². The van der Waals surface area contributed by atoms with E-state index < -0.39 is 0 Å². The van der Waals surface area contributed by atoms with E-state index in [9.17, 15) is 0 Å². The van der Waals surface area contributed by atoms with Crippen molar-refractivity contribution in [3.05, 3.63) is 41.5 Å². The van der Waals surface area contributed by atoms with E-state index >= 15 is 0 Å². The molecule has 0 unspecified atom stereocenters. The van der Waals surface area contributed by atoms with Gasteiger partial charge in [0.25, 0.3) is 0 Å². The van der Waals surface area contributed by atoms with Crippen LogP contribution in [0.1, 0.15) is 17.2 Å². The first kappa shape index (κ1) is 12.6. The Bertz CT molecular complexity index is 645. The first-order chi connectivity index (χ1) is 9.88. The van der Waals surface area contributed by atoms with Crippen molar-refractivity contribution in [3.8, 4) is 11.8 Å². The minimum atomic E-state index is 0.297. The second-order valence-corrected chi connectivity index (χ2v) is 4.44. The van der Waals surface area contributed by atoms with E-state index in [1.54, 1.807) is 12.1 Å². The smallest absolute Gasteiger partial charge is 0.171 e. The van der Waals surface area contributed by atoms with E-state index in [0.717, 1.165) is 24.6 Å². The fourth-order valence-electron chi connectivity index (χ4n) is 2.17. The zero-order chi connectivity index (χ0) is 13.8. The van der Waals surface area contributed by atoms with Crippen molar-refractivity contribution in [1.82, 2.24) is 14.8 Å². The van der Waals surface area contributed by atoms with Crippen LogP contribution in [0.3, 0.4) is 0 Å². The van der Waals surface area contributed by atoms with Gasteiger partial charge in [-0.15, -0.1) is 10.2 Å². The highest BCUT2D eigenvalue weighted by Gasteiger charge is 2.15. The van der Waals surface area contributed by atoms with E-state index in [1.165, 1.54) is 0 Å². The minimum absolute atomic E-state index is 0.297. The lowest BCUT2D eigenvalue weighted by Crippen LogP contribution is -2.11. The van der Waals surface area contributed by atoms with Gasteiger partial charge in [0.15, 0.2) is 5.82 Å². The fraction of sp³-hybridized carbons (Fsp3) is 0.357. The maximum absolute atomic E-state index is 9.03. The zero-order valence-electron chi connectivity index (χ0n) is 11.0. The summed E-state index contributed by atoms with van der Waals surface area (Å²) in [6.07, 6.45) is 0.766. The van der Waals surface area contributed by atoms with Crippen LogP contribution in [0.4, 0.5) is 0 Å². The van der Waals surface area contributed by atoms with Gasteiger partial charge < -0.3 is 14.0 Å². The number of hydrogen-bond acceptors (Lipinski definition) is 5. The van der Waals surface area contributed by atoms with Crippen molar-refractivity contribution in [2.24, 2.45) is 0 Å². The topological polar surface area (TPSA) is 73.0 Å². The number of rotatable bonds is 3. The molecule has 1 aliphatic rings. The lowest BCUT2D eigenvalue weighted by Gasteiger charge is -2.09. The summed E-state index contributed by atoms with van der Waals surface area (Å²) in [6.45, 7) is 2.37. The number of benzene rings is 1. The van der Waals surface area contributed by atoms with Gasteiger partial charge in [-0.3, -0.25) is 0 Å². The molecule has 2 aromatic rings. The number of fused-ring (bicyclic) bond motifs is 1. The lowest BCUT2D eigenvalue weighted by molar-refractivity contribution is 0.139. The third-order valence-corrected chi connectivity index (χ3v) is 3.20. The van der Waals surface area contributed by atoms with Gasteiger partial charge in [-0.1, -0.05) is 12.1 Å². The van der Waals surface area contributed by atoms with Gasteiger partial charge in [0, 0.05) is 13.0 Å². The molecule has 6 nitrogen and oxygen atoms in total. The lowest BCUT2D eigenvalue weighted by atomic mass is 10.2. The number of ether oxygens (including phenoxy) is 2. The molecule has 2 heterocycles. The summed E-state index contributed by atoms with van der Waals surface area (Å²) in [5, 5.41) is 17.3. The third kappa shape index (κ3) is 2.49. The van der Waals surface area contributed by atoms with Crippen molar-refractivity contribution in [2.45, 2.75) is 19.6 Å². The minimum Gasteiger partial charge on any atom is -0.484 e. The summed E-state index contributed by atoms with van der Waals surface area (Å²) < 4.78 is 13.1. The molecule has 102 valence electrons. The van der Waals surface area contributed by atoms with Crippen molar-refractivity contribution in [3.63, 3.8) is 0 Å². The highest BCUT2D eigenvalue weighted by Crippen LogP contribution is 2.18. The van der Waals surface area contributed by atoms with Crippen LogP contribution in [0.15, 0.2) is 24.3 Å². The summed E-state index contributed by atoms with van der Waals surface area (Å²) in [5.74, 6) is 2.25. The number of nitriles is 1. The molecular weight excluding hydrogens is 256 g/mol. The standard InChI is InChI=1S/C14H14N4O2/c15-9-11-3-1-2-4-12(11)20-10-14-17-16-13-5-7-19-8-6-18(13)14/h1-4H,5-8,10H2. The molecule has 0 N–H and O–H groups in total. The number of aromatic nitrogens is 3. The van der Waals surface area contributed by atoms with Crippen LogP contribution in [0.25, 0.3) is 0 Å². The molecular formula is C14H14N4O2. The number of nitrogens with zero attached hydrogens (tertiary/aromatic N) is 4. The van der Waals surface area contributed by atoms with Gasteiger partial charge in [0.2, 0.25) is 0 Å². The summed E-state index contributed by atoms with van der Waals surface area (Å²) in [5.41, 5.74) is 0.520. The molecule has 0 aliphatic carbocycles. The van der Waals surface area contributed by atoms with Crippen molar-refractivity contribution in [1.29, 1.82) is 5.26 Å². The molecule has 0 saturated heterocycles. The molecule has 0 atom stereocenters. The second kappa shape index (κ2) is 5.72. The third-order valence-electron chi connectivity index (χ3n) is 3.20. The van der Waals surface area contributed by atoms with Gasteiger partial charge in [-0.2, -0.15) is 5.26 Å². The van der Waals surface area contributed by atoms with Gasteiger partial charge in [0.1, 0.15) is 24.3 Å². The van der Waals surface area contributed by atoms with Crippen molar-refractivity contribution < 1.29 is 9.47 Å². The fourth-order valence-corrected chi connectivity index (χ4v) is 2.17. The van der Waals surface area contributed by atoms with E-state index in [4.69, 9.17) is 14.7 Å². The van der Waals surface area contributed by atoms with Gasteiger partial charge >= 0.3 is 0 Å². The summed E-state index contributed by atoms with van der Waals surface area (Å²) in [7, 11) is 0.